The monoisotopic (exact) mass is 381 g/mol. The molecule has 2 aromatic carbocycles. The number of rotatable bonds is 6. The van der Waals surface area contributed by atoms with Crippen LogP contribution in [0.3, 0.4) is 0 Å². The Hall–Kier alpha value is -2.37. The largest absolute Gasteiger partial charge is 0.493 e. The van der Waals surface area contributed by atoms with Crippen LogP contribution in [0.5, 0.6) is 5.75 Å². The average molecular weight is 382 g/mol. The van der Waals surface area contributed by atoms with Gasteiger partial charge in [-0.3, -0.25) is 4.79 Å². The summed E-state index contributed by atoms with van der Waals surface area (Å²) >= 11 is 0. The van der Waals surface area contributed by atoms with E-state index in [2.05, 4.69) is 35.6 Å². The van der Waals surface area contributed by atoms with Crippen LogP contribution in [-0.2, 0) is 17.8 Å². The molecule has 2 heterocycles. The van der Waals surface area contributed by atoms with Crippen LogP contribution >= 0.6 is 0 Å². The summed E-state index contributed by atoms with van der Waals surface area (Å²) in [6.45, 7) is 8.84. The lowest BCUT2D eigenvalue weighted by molar-refractivity contribution is -1.02. The fraction of sp³-hybridized carbons (Fsp3) is 0.435. The molecule has 4 rings (SSSR count). The van der Waals surface area contributed by atoms with Gasteiger partial charge in [-0.2, -0.15) is 0 Å². The van der Waals surface area contributed by atoms with E-state index in [0.29, 0.717) is 6.54 Å². The average Bonchev–Trinajstić information content (AvgIpc) is 3.18. The van der Waals surface area contributed by atoms with Crippen molar-refractivity contribution < 1.29 is 19.3 Å². The van der Waals surface area contributed by atoms with Gasteiger partial charge in [0.15, 0.2) is 6.54 Å². The smallest absolute Gasteiger partial charge is 0.275 e. The van der Waals surface area contributed by atoms with Crippen LogP contribution in [0.15, 0.2) is 48.5 Å². The van der Waals surface area contributed by atoms with E-state index in [1.165, 1.54) is 16.0 Å². The van der Waals surface area contributed by atoms with Gasteiger partial charge in [0, 0.05) is 12.0 Å². The number of nitrogens with one attached hydrogen (secondary N) is 3. The molecule has 5 nitrogen and oxygen atoms in total. The quantitative estimate of drug-likeness (QED) is 0.648. The number of hydrogen-bond donors (Lipinski definition) is 3. The van der Waals surface area contributed by atoms with Gasteiger partial charge in [0.05, 0.1) is 12.6 Å². The van der Waals surface area contributed by atoms with Crippen LogP contribution < -0.4 is 19.9 Å². The van der Waals surface area contributed by atoms with Crippen LogP contribution in [-0.4, -0.2) is 45.2 Å². The number of carbonyl (C=O) groups is 1. The Morgan fingerprint density at radius 3 is 2.61 bits per heavy atom. The highest BCUT2D eigenvalue weighted by Crippen LogP contribution is 2.25. The lowest BCUT2D eigenvalue weighted by atomic mass is 10.1. The zero-order valence-electron chi connectivity index (χ0n) is 16.7. The van der Waals surface area contributed by atoms with Crippen LogP contribution in [0.4, 0.5) is 0 Å². The van der Waals surface area contributed by atoms with Crippen molar-refractivity contribution in [2.75, 3.05) is 39.3 Å². The molecule has 0 unspecified atom stereocenters. The van der Waals surface area contributed by atoms with Crippen LogP contribution in [0.1, 0.15) is 29.7 Å². The summed E-state index contributed by atoms with van der Waals surface area (Å²) in [7, 11) is 0. The van der Waals surface area contributed by atoms with E-state index in [1.54, 1.807) is 4.90 Å². The van der Waals surface area contributed by atoms with Gasteiger partial charge in [-0.1, -0.05) is 30.3 Å². The molecule has 5 heteroatoms. The first-order valence-electron chi connectivity index (χ1n) is 10.4. The Morgan fingerprint density at radius 1 is 1.07 bits per heavy atom. The van der Waals surface area contributed by atoms with Crippen molar-refractivity contribution in [3.63, 3.8) is 0 Å². The Kier molecular flexibility index (Phi) is 5.93. The Bertz CT molecular complexity index is 801. The lowest BCUT2D eigenvalue weighted by Gasteiger charge is -2.29. The molecule has 0 aliphatic carbocycles. The van der Waals surface area contributed by atoms with Gasteiger partial charge in [0.2, 0.25) is 0 Å². The molecule has 148 valence electrons. The molecule has 28 heavy (non-hydrogen) atoms. The summed E-state index contributed by atoms with van der Waals surface area (Å²) in [5.41, 5.74) is 3.90. The zero-order chi connectivity index (χ0) is 19.3. The molecule has 2 aliphatic rings. The Labute approximate surface area is 167 Å². The second-order valence-corrected chi connectivity index (χ2v) is 8.09. The molecule has 1 amide bonds. The number of hydrogen-bond acceptors (Lipinski definition) is 2. The van der Waals surface area contributed by atoms with Crippen molar-refractivity contribution in [3.8, 4) is 5.75 Å². The predicted molar refractivity (Wildman–Crippen MR) is 109 cm³/mol. The summed E-state index contributed by atoms with van der Waals surface area (Å²) in [5.74, 6) is 1.21. The molecular weight excluding hydrogens is 350 g/mol. The maximum absolute atomic E-state index is 12.4. The van der Waals surface area contributed by atoms with E-state index in [-0.39, 0.29) is 11.9 Å². The number of carbonyl (C=O) groups excluding carboxylic acids is 1. The first-order chi connectivity index (χ1) is 13.7. The predicted octanol–water partition coefficient (Wildman–Crippen LogP) is -0.218. The van der Waals surface area contributed by atoms with E-state index in [9.17, 15) is 4.79 Å². The SMILES string of the molecule is C[C@H](NC(=O)C[NH+]1CC[NH+](Cc2ccc3c(c2)CCO3)CC1)c1ccccc1. The highest BCUT2D eigenvalue weighted by molar-refractivity contribution is 5.77. The molecule has 2 aromatic rings. The van der Waals surface area contributed by atoms with E-state index in [0.717, 1.165) is 57.1 Å². The first-order valence-corrected chi connectivity index (χ1v) is 10.4. The number of ether oxygens (including phenoxy) is 1. The third-order valence-corrected chi connectivity index (χ3v) is 5.96. The summed E-state index contributed by atoms with van der Waals surface area (Å²) < 4.78 is 5.60. The van der Waals surface area contributed by atoms with Crippen LogP contribution in [0.25, 0.3) is 0 Å². The standard InChI is InChI=1S/C23H29N3O2/c1-18(20-5-3-2-4-6-20)24-23(27)17-26-12-10-25(11-13-26)16-19-7-8-22-21(15-19)9-14-28-22/h2-8,15,18H,9-14,16-17H2,1H3,(H,24,27)/p+2/t18-/m0/s1. The van der Waals surface area contributed by atoms with Gasteiger partial charge in [0.1, 0.15) is 38.5 Å². The van der Waals surface area contributed by atoms with Crippen molar-refractivity contribution in [1.29, 1.82) is 0 Å². The maximum atomic E-state index is 12.4. The number of piperazine rings is 1. The van der Waals surface area contributed by atoms with E-state index in [4.69, 9.17) is 4.74 Å². The van der Waals surface area contributed by atoms with Crippen molar-refractivity contribution in [2.45, 2.75) is 25.9 Å². The minimum atomic E-state index is 0.0591. The topological polar surface area (TPSA) is 47.2 Å². The number of quaternary nitrogens is 2. The lowest BCUT2D eigenvalue weighted by Crippen LogP contribution is -3.28. The minimum absolute atomic E-state index is 0.0591. The van der Waals surface area contributed by atoms with Crippen molar-refractivity contribution in [1.82, 2.24) is 5.32 Å². The highest BCUT2D eigenvalue weighted by atomic mass is 16.5. The van der Waals surface area contributed by atoms with Gasteiger partial charge >= 0.3 is 0 Å². The fourth-order valence-corrected chi connectivity index (χ4v) is 4.29. The summed E-state index contributed by atoms with van der Waals surface area (Å²) in [5, 5.41) is 3.14. The van der Waals surface area contributed by atoms with Crippen molar-refractivity contribution in [3.05, 3.63) is 65.2 Å². The molecule has 1 atom stereocenters. The van der Waals surface area contributed by atoms with E-state index < -0.39 is 0 Å². The van der Waals surface area contributed by atoms with Crippen molar-refractivity contribution in [2.24, 2.45) is 0 Å². The molecule has 0 aromatic heterocycles. The third kappa shape index (κ3) is 4.72. The molecule has 1 saturated heterocycles. The molecular formula is C23H31N3O2+2. The fourth-order valence-electron chi connectivity index (χ4n) is 4.29. The van der Waals surface area contributed by atoms with Gasteiger partial charge < -0.3 is 19.9 Å². The summed E-state index contributed by atoms with van der Waals surface area (Å²) in [4.78, 5) is 15.4. The second kappa shape index (κ2) is 8.76. The highest BCUT2D eigenvalue weighted by Gasteiger charge is 2.25. The minimum Gasteiger partial charge on any atom is -0.493 e. The molecule has 1 fully saturated rings. The molecule has 3 N–H and O–H groups in total. The number of fused-ring (bicyclic) bond motifs is 1. The van der Waals surface area contributed by atoms with Gasteiger partial charge in [-0.05, 0) is 36.2 Å². The summed E-state index contributed by atoms with van der Waals surface area (Å²) in [6, 6.07) is 16.8. The van der Waals surface area contributed by atoms with E-state index in [1.807, 2.05) is 25.1 Å². The van der Waals surface area contributed by atoms with Gasteiger partial charge in [-0.25, -0.2) is 0 Å². The Balaban J connectivity index is 1.21. The van der Waals surface area contributed by atoms with E-state index >= 15 is 0 Å². The first kappa shape index (κ1) is 19.0. The Morgan fingerprint density at radius 2 is 1.82 bits per heavy atom. The van der Waals surface area contributed by atoms with Crippen molar-refractivity contribution >= 4 is 5.91 Å². The molecule has 2 aliphatic heterocycles. The van der Waals surface area contributed by atoms with Gasteiger partial charge in [0.25, 0.3) is 5.91 Å². The second-order valence-electron chi connectivity index (χ2n) is 8.09. The van der Waals surface area contributed by atoms with Crippen LogP contribution in [0.2, 0.25) is 0 Å². The normalized spacial score (nSPS) is 22.2. The summed E-state index contributed by atoms with van der Waals surface area (Å²) in [6.07, 6.45) is 1.03. The number of benzene rings is 2. The molecule has 0 bridgehead atoms. The molecule has 0 spiro atoms. The number of amides is 1. The molecule has 0 radical (unpaired) electrons. The zero-order valence-corrected chi connectivity index (χ0v) is 16.7. The molecule has 0 saturated carbocycles. The van der Waals surface area contributed by atoms with Crippen LogP contribution in [0, 0.1) is 0 Å². The third-order valence-electron chi connectivity index (χ3n) is 5.96. The van der Waals surface area contributed by atoms with Gasteiger partial charge in [-0.15, -0.1) is 0 Å². The maximum Gasteiger partial charge on any atom is 0.275 e.